The van der Waals surface area contributed by atoms with Gasteiger partial charge in [-0.25, -0.2) is 9.97 Å². The predicted octanol–water partition coefficient (Wildman–Crippen LogP) is 5.11. The summed E-state index contributed by atoms with van der Waals surface area (Å²) < 4.78 is 38.9. The van der Waals surface area contributed by atoms with Crippen molar-refractivity contribution >= 4 is 34.6 Å². The van der Waals surface area contributed by atoms with E-state index in [1.165, 1.54) is 12.4 Å². The minimum atomic E-state index is -4.49. The number of hydrogen-bond donors (Lipinski definition) is 2. The fraction of sp³-hybridized carbons (Fsp3) is 0.158. The van der Waals surface area contributed by atoms with E-state index in [1.54, 1.807) is 0 Å². The van der Waals surface area contributed by atoms with E-state index in [4.69, 9.17) is 17.3 Å². The van der Waals surface area contributed by atoms with Gasteiger partial charge < -0.3 is 16.0 Å². The van der Waals surface area contributed by atoms with Crippen LogP contribution in [0.5, 0.6) is 0 Å². The first-order chi connectivity index (χ1) is 13.3. The summed E-state index contributed by atoms with van der Waals surface area (Å²) in [6.07, 6.45) is -3.20. The number of alkyl halides is 3. The van der Waals surface area contributed by atoms with Crippen LogP contribution in [0.2, 0.25) is 5.02 Å². The molecule has 2 aromatic carbocycles. The Morgan fingerprint density at radius 3 is 2.50 bits per heavy atom. The average Bonchev–Trinajstić information content (AvgIpc) is 2.65. The summed E-state index contributed by atoms with van der Waals surface area (Å²) in [6.45, 7) is 0.547. The Hall–Kier alpha value is -3.00. The topological polar surface area (TPSA) is 67.1 Å². The highest BCUT2D eigenvalue weighted by Crippen LogP contribution is 2.36. The molecule has 0 atom stereocenters. The lowest BCUT2D eigenvalue weighted by Gasteiger charge is -2.21. The number of nitrogens with one attached hydrogen (secondary N) is 1. The number of halogens is 4. The molecule has 28 heavy (non-hydrogen) atoms. The molecule has 0 unspecified atom stereocenters. The second kappa shape index (κ2) is 7.93. The van der Waals surface area contributed by atoms with Crippen molar-refractivity contribution in [3.63, 3.8) is 0 Å². The normalized spacial score (nSPS) is 11.3. The van der Waals surface area contributed by atoms with Crippen LogP contribution in [0.15, 0.2) is 54.9 Å². The smallest absolute Gasteiger partial charge is 0.393 e. The summed E-state index contributed by atoms with van der Waals surface area (Å²) in [7, 11) is 1.81. The van der Waals surface area contributed by atoms with Gasteiger partial charge in [0.05, 0.1) is 16.3 Å². The van der Waals surface area contributed by atoms with Gasteiger partial charge in [0.1, 0.15) is 12.0 Å². The zero-order chi connectivity index (χ0) is 20.3. The summed E-state index contributed by atoms with van der Waals surface area (Å²) in [4.78, 5) is 10.1. The van der Waals surface area contributed by atoms with Crippen molar-refractivity contribution < 1.29 is 13.2 Å². The Balaban J connectivity index is 1.88. The molecule has 0 bridgehead atoms. The predicted molar refractivity (Wildman–Crippen MR) is 105 cm³/mol. The lowest BCUT2D eigenvalue weighted by Crippen LogP contribution is -2.20. The van der Waals surface area contributed by atoms with Gasteiger partial charge in [-0.2, -0.15) is 13.2 Å². The van der Waals surface area contributed by atoms with E-state index in [0.717, 1.165) is 17.7 Å². The van der Waals surface area contributed by atoms with Crippen molar-refractivity contribution in [2.75, 3.05) is 23.0 Å². The van der Waals surface area contributed by atoms with Crippen molar-refractivity contribution in [2.45, 2.75) is 12.7 Å². The molecule has 3 aromatic rings. The van der Waals surface area contributed by atoms with Gasteiger partial charge in [0, 0.05) is 13.6 Å². The third-order valence-corrected chi connectivity index (χ3v) is 4.36. The van der Waals surface area contributed by atoms with Crippen LogP contribution < -0.4 is 16.0 Å². The van der Waals surface area contributed by atoms with E-state index in [-0.39, 0.29) is 22.2 Å². The fourth-order valence-electron chi connectivity index (χ4n) is 2.65. The van der Waals surface area contributed by atoms with Crippen LogP contribution in [0.3, 0.4) is 0 Å². The largest absolute Gasteiger partial charge is 0.416 e. The van der Waals surface area contributed by atoms with Crippen molar-refractivity contribution in [1.29, 1.82) is 0 Å². The molecule has 0 amide bonds. The minimum absolute atomic E-state index is 0.0542. The zero-order valence-corrected chi connectivity index (χ0v) is 15.6. The number of nitrogen functional groups attached to an aromatic ring is 1. The number of aromatic nitrogens is 2. The molecule has 5 nitrogen and oxygen atoms in total. The Morgan fingerprint density at radius 1 is 1.11 bits per heavy atom. The van der Waals surface area contributed by atoms with Crippen molar-refractivity contribution in [2.24, 2.45) is 0 Å². The molecule has 9 heteroatoms. The third-order valence-electron chi connectivity index (χ3n) is 4.03. The Morgan fingerprint density at radius 2 is 1.82 bits per heavy atom. The van der Waals surface area contributed by atoms with E-state index >= 15 is 0 Å². The molecule has 0 aliphatic rings. The number of anilines is 4. The van der Waals surface area contributed by atoms with Crippen LogP contribution >= 0.6 is 11.6 Å². The molecular formula is C19H17ClF3N5. The molecule has 3 N–H and O–H groups in total. The summed E-state index contributed by atoms with van der Waals surface area (Å²) in [5.74, 6) is 0.621. The molecule has 1 aromatic heterocycles. The van der Waals surface area contributed by atoms with Crippen LogP contribution in [0, 0.1) is 0 Å². The van der Waals surface area contributed by atoms with E-state index in [9.17, 15) is 13.2 Å². The first-order valence-electron chi connectivity index (χ1n) is 8.25. The Bertz CT molecular complexity index is 964. The molecule has 1 heterocycles. The molecule has 0 saturated heterocycles. The zero-order valence-electron chi connectivity index (χ0n) is 14.8. The number of nitrogens with zero attached hydrogens (tertiary/aromatic N) is 3. The van der Waals surface area contributed by atoms with Crippen molar-refractivity contribution in [1.82, 2.24) is 9.97 Å². The van der Waals surface area contributed by atoms with Gasteiger partial charge in [-0.05, 0) is 23.8 Å². The molecular weight excluding hydrogens is 391 g/mol. The number of benzene rings is 2. The first-order valence-corrected chi connectivity index (χ1v) is 8.63. The maximum absolute atomic E-state index is 13.0. The van der Waals surface area contributed by atoms with Gasteiger partial charge in [-0.1, -0.05) is 41.9 Å². The van der Waals surface area contributed by atoms with E-state index in [1.807, 2.05) is 42.3 Å². The van der Waals surface area contributed by atoms with Crippen molar-refractivity contribution in [3.05, 3.63) is 71.0 Å². The quantitative estimate of drug-likeness (QED) is 0.615. The molecule has 3 rings (SSSR count). The fourth-order valence-corrected chi connectivity index (χ4v) is 2.81. The molecule has 0 radical (unpaired) electrons. The summed E-state index contributed by atoms with van der Waals surface area (Å²) in [6, 6.07) is 12.7. The molecule has 0 saturated carbocycles. The summed E-state index contributed by atoms with van der Waals surface area (Å²) >= 11 is 6.03. The highest BCUT2D eigenvalue weighted by molar-refractivity contribution is 6.33. The van der Waals surface area contributed by atoms with Gasteiger partial charge in [-0.15, -0.1) is 0 Å². The molecule has 0 fully saturated rings. The van der Waals surface area contributed by atoms with Crippen molar-refractivity contribution in [3.8, 4) is 0 Å². The molecule has 0 aliphatic carbocycles. The van der Waals surface area contributed by atoms with E-state index in [2.05, 4.69) is 15.3 Å². The highest BCUT2D eigenvalue weighted by atomic mass is 35.5. The maximum Gasteiger partial charge on any atom is 0.416 e. The number of rotatable bonds is 5. The van der Waals surface area contributed by atoms with Crippen LogP contribution in [0.25, 0.3) is 0 Å². The number of hydrogen-bond acceptors (Lipinski definition) is 5. The van der Waals surface area contributed by atoms with Gasteiger partial charge in [0.15, 0.2) is 11.6 Å². The summed E-state index contributed by atoms with van der Waals surface area (Å²) in [5, 5.41) is 2.89. The SMILES string of the molecule is CN(Cc1ccccc1)c1ncnc(Nc2cc(C(F)(F)F)ccc2Cl)c1N. The molecule has 146 valence electrons. The molecule has 0 aliphatic heterocycles. The van der Waals surface area contributed by atoms with Gasteiger partial charge in [0.2, 0.25) is 0 Å². The van der Waals surface area contributed by atoms with Crippen LogP contribution in [-0.4, -0.2) is 17.0 Å². The van der Waals surface area contributed by atoms with Gasteiger partial charge in [0.25, 0.3) is 0 Å². The standard InChI is InChI=1S/C19H17ClF3N5/c1-28(10-12-5-3-2-4-6-12)18-16(24)17(25-11-26-18)27-15-9-13(19(21,22)23)7-8-14(15)20/h2-9,11H,10,24H2,1H3,(H,25,26,27). The monoisotopic (exact) mass is 407 g/mol. The third kappa shape index (κ3) is 4.45. The van der Waals surface area contributed by atoms with Gasteiger partial charge in [-0.3, -0.25) is 0 Å². The second-order valence-electron chi connectivity index (χ2n) is 6.12. The summed E-state index contributed by atoms with van der Waals surface area (Å²) in [5.41, 5.74) is 6.65. The second-order valence-corrected chi connectivity index (χ2v) is 6.53. The lowest BCUT2D eigenvalue weighted by atomic mass is 10.2. The van der Waals surface area contributed by atoms with Crippen LogP contribution in [-0.2, 0) is 12.7 Å². The van der Waals surface area contributed by atoms with Crippen LogP contribution in [0.4, 0.5) is 36.2 Å². The minimum Gasteiger partial charge on any atom is -0.393 e. The van der Waals surface area contributed by atoms with Crippen LogP contribution in [0.1, 0.15) is 11.1 Å². The molecule has 0 spiro atoms. The van der Waals surface area contributed by atoms with E-state index in [0.29, 0.717) is 12.4 Å². The lowest BCUT2D eigenvalue weighted by molar-refractivity contribution is -0.137. The highest BCUT2D eigenvalue weighted by Gasteiger charge is 2.31. The first kappa shape index (κ1) is 19.8. The Kier molecular flexibility index (Phi) is 5.60. The average molecular weight is 408 g/mol. The van der Waals surface area contributed by atoms with E-state index < -0.39 is 11.7 Å². The maximum atomic E-state index is 13.0. The number of nitrogens with two attached hydrogens (primary N) is 1. The van der Waals surface area contributed by atoms with Gasteiger partial charge >= 0.3 is 6.18 Å². The Labute approximate surface area is 165 Å².